The highest BCUT2D eigenvalue weighted by molar-refractivity contribution is 5.89. The molecule has 32 heavy (non-hydrogen) atoms. The molecule has 5 heteroatoms. The van der Waals surface area contributed by atoms with Crippen molar-refractivity contribution in [3.05, 3.63) is 100 Å². The Labute approximate surface area is 188 Å². The van der Waals surface area contributed by atoms with Crippen molar-refractivity contribution in [1.82, 2.24) is 4.90 Å². The number of carboxylic acid groups (broad SMARTS) is 2. The summed E-state index contributed by atoms with van der Waals surface area (Å²) in [5, 5.41) is 18.5. The van der Waals surface area contributed by atoms with Gasteiger partial charge in [-0.2, -0.15) is 0 Å². The summed E-state index contributed by atoms with van der Waals surface area (Å²) in [5.74, 6) is -1.07. The summed E-state index contributed by atoms with van der Waals surface area (Å²) >= 11 is 0. The zero-order valence-corrected chi connectivity index (χ0v) is 18.4. The van der Waals surface area contributed by atoms with E-state index >= 15 is 0 Å². The standard InChI is InChI=1S/C27H27NO4/c1-16-14-15-28(3)25-23(19-6-10-21(11-7-19)27(31)32)13-12-22(24(25)17(16)2)18-4-8-20(9-5-18)26(29)30/h4-11,13-17,22H,12H2,1-3H3,(H,29,30)(H,31,32). The topological polar surface area (TPSA) is 77.8 Å². The summed E-state index contributed by atoms with van der Waals surface area (Å²) in [5.41, 5.74) is 6.22. The Balaban J connectivity index is 1.83. The van der Waals surface area contributed by atoms with Crippen LogP contribution in [0.2, 0.25) is 0 Å². The van der Waals surface area contributed by atoms with Crippen molar-refractivity contribution in [2.75, 3.05) is 7.05 Å². The summed E-state index contributed by atoms with van der Waals surface area (Å²) in [4.78, 5) is 24.7. The van der Waals surface area contributed by atoms with Crippen LogP contribution in [0.3, 0.4) is 0 Å². The van der Waals surface area contributed by atoms with Crippen molar-refractivity contribution < 1.29 is 19.8 Å². The van der Waals surface area contributed by atoms with Crippen LogP contribution in [-0.4, -0.2) is 34.1 Å². The second-order valence-corrected chi connectivity index (χ2v) is 8.62. The van der Waals surface area contributed by atoms with Gasteiger partial charge in [0.25, 0.3) is 0 Å². The van der Waals surface area contributed by atoms with Crippen LogP contribution in [0, 0.1) is 11.8 Å². The first-order valence-electron chi connectivity index (χ1n) is 10.8. The van der Waals surface area contributed by atoms with Crippen molar-refractivity contribution in [2.45, 2.75) is 26.2 Å². The van der Waals surface area contributed by atoms with E-state index in [1.54, 1.807) is 24.3 Å². The second-order valence-electron chi connectivity index (χ2n) is 8.62. The number of carboxylic acids is 2. The molecule has 2 N–H and O–H groups in total. The van der Waals surface area contributed by atoms with E-state index in [-0.39, 0.29) is 23.0 Å². The molecule has 0 spiro atoms. The van der Waals surface area contributed by atoms with Gasteiger partial charge in [-0.3, -0.25) is 0 Å². The minimum absolute atomic E-state index is 0.148. The zero-order valence-electron chi connectivity index (χ0n) is 18.4. The van der Waals surface area contributed by atoms with Gasteiger partial charge in [0.05, 0.1) is 11.1 Å². The maximum atomic E-state index is 11.3. The van der Waals surface area contributed by atoms with Gasteiger partial charge in [0, 0.05) is 24.2 Å². The molecule has 2 aromatic carbocycles. The van der Waals surface area contributed by atoms with Crippen molar-refractivity contribution in [3.8, 4) is 0 Å². The van der Waals surface area contributed by atoms with Crippen molar-refractivity contribution >= 4 is 17.5 Å². The van der Waals surface area contributed by atoms with Crippen LogP contribution < -0.4 is 0 Å². The largest absolute Gasteiger partial charge is 0.478 e. The van der Waals surface area contributed by atoms with E-state index in [2.05, 4.69) is 37.1 Å². The molecular formula is C27H27NO4. The lowest BCUT2D eigenvalue weighted by Crippen LogP contribution is -2.23. The predicted molar refractivity (Wildman–Crippen MR) is 124 cm³/mol. The first-order chi connectivity index (χ1) is 15.3. The van der Waals surface area contributed by atoms with E-state index in [4.69, 9.17) is 0 Å². The maximum Gasteiger partial charge on any atom is 0.335 e. The number of benzene rings is 2. The van der Waals surface area contributed by atoms with Crippen LogP contribution in [0.25, 0.3) is 5.57 Å². The number of allylic oxidation sites excluding steroid dienone is 4. The van der Waals surface area contributed by atoms with Gasteiger partial charge in [0.1, 0.15) is 0 Å². The fraction of sp³-hybridized carbons (Fsp3) is 0.259. The van der Waals surface area contributed by atoms with Crippen molar-refractivity contribution in [1.29, 1.82) is 0 Å². The molecule has 3 unspecified atom stereocenters. The molecule has 2 aliphatic rings. The number of aromatic carboxylic acids is 2. The molecule has 5 nitrogen and oxygen atoms in total. The molecule has 0 saturated heterocycles. The lowest BCUT2D eigenvalue weighted by molar-refractivity contribution is 0.0686. The van der Waals surface area contributed by atoms with E-state index in [1.165, 1.54) is 5.57 Å². The Morgan fingerprint density at radius 2 is 1.47 bits per heavy atom. The molecule has 4 rings (SSSR count). The maximum absolute atomic E-state index is 11.3. The molecule has 1 heterocycles. The molecule has 1 aliphatic heterocycles. The second kappa shape index (κ2) is 8.50. The molecule has 164 valence electrons. The van der Waals surface area contributed by atoms with E-state index in [0.717, 1.165) is 28.8 Å². The molecule has 0 bridgehead atoms. The number of carbonyl (C=O) groups is 2. The number of rotatable bonds is 4. The number of nitrogens with zero attached hydrogens (tertiary/aromatic N) is 1. The number of hydrogen-bond acceptors (Lipinski definition) is 3. The molecule has 0 saturated carbocycles. The number of hydrogen-bond donors (Lipinski definition) is 2. The SMILES string of the molecule is CC1C=CN(C)C2=C(C(c3ccc(C(=O)O)cc3)CC=C2c2ccc(C(=O)O)cc2)C1C. The lowest BCUT2D eigenvalue weighted by Gasteiger charge is -2.35. The first kappa shape index (κ1) is 21.6. The molecule has 3 atom stereocenters. The van der Waals surface area contributed by atoms with Crippen LogP contribution in [-0.2, 0) is 0 Å². The van der Waals surface area contributed by atoms with E-state index < -0.39 is 11.9 Å². The molecule has 2 aromatic rings. The minimum atomic E-state index is -0.934. The van der Waals surface area contributed by atoms with Crippen LogP contribution in [0.15, 0.2) is 78.2 Å². The molecular weight excluding hydrogens is 402 g/mol. The Morgan fingerprint density at radius 1 is 0.906 bits per heavy atom. The Morgan fingerprint density at radius 3 is 2.03 bits per heavy atom. The van der Waals surface area contributed by atoms with Gasteiger partial charge < -0.3 is 15.1 Å². The Hall–Kier alpha value is -3.60. The third-order valence-corrected chi connectivity index (χ3v) is 6.71. The lowest BCUT2D eigenvalue weighted by atomic mass is 9.72. The molecule has 0 amide bonds. The fourth-order valence-corrected chi connectivity index (χ4v) is 4.72. The van der Waals surface area contributed by atoms with Gasteiger partial charge in [0.2, 0.25) is 0 Å². The summed E-state index contributed by atoms with van der Waals surface area (Å²) in [6.07, 6.45) is 7.35. The van der Waals surface area contributed by atoms with Gasteiger partial charge in [-0.25, -0.2) is 9.59 Å². The predicted octanol–water partition coefficient (Wildman–Crippen LogP) is 5.64. The Bertz CT molecular complexity index is 1140. The summed E-state index contributed by atoms with van der Waals surface area (Å²) in [6, 6.07) is 14.2. The van der Waals surface area contributed by atoms with Crippen LogP contribution in [0.1, 0.15) is 58.0 Å². The highest BCUT2D eigenvalue weighted by atomic mass is 16.4. The fourth-order valence-electron chi connectivity index (χ4n) is 4.72. The third kappa shape index (κ3) is 3.86. The summed E-state index contributed by atoms with van der Waals surface area (Å²) < 4.78 is 0. The third-order valence-electron chi connectivity index (χ3n) is 6.71. The molecule has 1 aliphatic carbocycles. The van der Waals surface area contributed by atoms with Gasteiger partial charge in [0.15, 0.2) is 0 Å². The quantitative estimate of drug-likeness (QED) is 0.658. The van der Waals surface area contributed by atoms with Gasteiger partial charge in [-0.1, -0.05) is 50.3 Å². The van der Waals surface area contributed by atoms with Crippen LogP contribution in [0.5, 0.6) is 0 Å². The first-order valence-corrected chi connectivity index (χ1v) is 10.8. The average Bonchev–Trinajstić information content (AvgIpc) is 2.91. The van der Waals surface area contributed by atoms with Crippen LogP contribution >= 0.6 is 0 Å². The summed E-state index contributed by atoms with van der Waals surface area (Å²) in [6.45, 7) is 4.47. The minimum Gasteiger partial charge on any atom is -0.478 e. The smallest absolute Gasteiger partial charge is 0.335 e. The van der Waals surface area contributed by atoms with Gasteiger partial charge in [-0.05, 0) is 65.4 Å². The van der Waals surface area contributed by atoms with E-state index in [1.807, 2.05) is 31.3 Å². The highest BCUT2D eigenvalue weighted by Crippen LogP contribution is 2.47. The molecule has 0 aromatic heterocycles. The van der Waals surface area contributed by atoms with E-state index in [0.29, 0.717) is 5.92 Å². The van der Waals surface area contributed by atoms with Crippen molar-refractivity contribution in [3.63, 3.8) is 0 Å². The average molecular weight is 430 g/mol. The molecule has 0 radical (unpaired) electrons. The van der Waals surface area contributed by atoms with Crippen LogP contribution in [0.4, 0.5) is 0 Å². The summed E-state index contributed by atoms with van der Waals surface area (Å²) in [7, 11) is 2.05. The monoisotopic (exact) mass is 429 g/mol. The number of likely N-dealkylation sites (N-methyl/N-ethyl adjacent to an activating group) is 1. The zero-order chi connectivity index (χ0) is 23.0. The van der Waals surface area contributed by atoms with Gasteiger partial charge in [-0.15, -0.1) is 0 Å². The molecule has 0 fully saturated rings. The van der Waals surface area contributed by atoms with Crippen molar-refractivity contribution in [2.24, 2.45) is 11.8 Å². The highest BCUT2D eigenvalue weighted by Gasteiger charge is 2.34. The van der Waals surface area contributed by atoms with Gasteiger partial charge >= 0.3 is 11.9 Å². The normalized spacial score (nSPS) is 22.8. The Kier molecular flexibility index (Phi) is 5.74. The van der Waals surface area contributed by atoms with E-state index in [9.17, 15) is 19.8 Å².